The molecule has 1 aromatic carbocycles. The van der Waals surface area contributed by atoms with Crippen LogP contribution in [-0.4, -0.2) is 37.2 Å². The second-order valence-corrected chi connectivity index (χ2v) is 5.37. The number of carbonyl (C=O) groups excluding carboxylic acids is 1. The molecule has 1 aliphatic rings. The van der Waals surface area contributed by atoms with Gasteiger partial charge in [-0.05, 0) is 13.0 Å². The molecule has 0 amide bonds. The Kier molecular flexibility index (Phi) is 6.43. The number of hydrogen-bond donors (Lipinski definition) is 0. The highest BCUT2D eigenvalue weighted by molar-refractivity contribution is 8.93. The molecular formula is C16H23BrNO2+. The maximum absolute atomic E-state index is 11.7. The van der Waals surface area contributed by atoms with Crippen molar-refractivity contribution in [3.8, 4) is 0 Å². The molecule has 2 rings (SSSR count). The molecule has 1 heterocycles. The summed E-state index contributed by atoms with van der Waals surface area (Å²) < 4.78 is 6.00. The molecular weight excluding hydrogens is 318 g/mol. The highest BCUT2D eigenvalue weighted by Crippen LogP contribution is 2.21. The predicted octanol–water partition coefficient (Wildman–Crippen LogP) is 3.10. The van der Waals surface area contributed by atoms with Crippen molar-refractivity contribution >= 4 is 23.0 Å². The van der Waals surface area contributed by atoms with Crippen LogP contribution in [-0.2, 0) is 16.1 Å². The third kappa shape index (κ3) is 4.46. The number of esters is 1. The number of carbonyl (C=O) groups is 1. The van der Waals surface area contributed by atoms with Gasteiger partial charge in [0.05, 0.1) is 26.7 Å². The van der Waals surface area contributed by atoms with Gasteiger partial charge >= 0.3 is 5.97 Å². The lowest BCUT2D eigenvalue weighted by molar-refractivity contribution is -0.918. The largest absolute Gasteiger partial charge is 0.463 e. The van der Waals surface area contributed by atoms with Gasteiger partial charge in [-0.2, -0.15) is 0 Å². The van der Waals surface area contributed by atoms with E-state index in [0.717, 1.165) is 36.1 Å². The Labute approximate surface area is 131 Å². The highest BCUT2D eigenvalue weighted by Gasteiger charge is 2.28. The number of hydrogen-bond acceptors (Lipinski definition) is 2. The Bertz CT molecular complexity index is 473. The maximum atomic E-state index is 11.7. The third-order valence-corrected chi connectivity index (χ3v) is 3.64. The monoisotopic (exact) mass is 340 g/mol. The quantitative estimate of drug-likeness (QED) is 0.621. The Morgan fingerprint density at radius 3 is 2.55 bits per heavy atom. The van der Waals surface area contributed by atoms with Crippen LogP contribution in [0.1, 0.15) is 18.9 Å². The summed E-state index contributed by atoms with van der Waals surface area (Å²) in [5.41, 5.74) is 2.18. The topological polar surface area (TPSA) is 26.3 Å². The molecule has 1 unspecified atom stereocenters. The number of ether oxygens (including phenoxy) is 1. The number of rotatable bonds is 4. The molecule has 0 bridgehead atoms. The van der Waals surface area contributed by atoms with Gasteiger partial charge in [-0.3, -0.25) is 0 Å². The van der Waals surface area contributed by atoms with Crippen LogP contribution in [0.3, 0.4) is 0 Å². The van der Waals surface area contributed by atoms with Crippen LogP contribution in [0, 0.1) is 0 Å². The fraction of sp³-hybridized carbons (Fsp3) is 0.438. The van der Waals surface area contributed by atoms with E-state index in [1.165, 1.54) is 5.56 Å². The first-order valence-corrected chi connectivity index (χ1v) is 6.86. The normalized spacial score (nSPS) is 21.6. The Morgan fingerprint density at radius 1 is 1.30 bits per heavy atom. The highest BCUT2D eigenvalue weighted by atomic mass is 79.9. The zero-order valence-electron chi connectivity index (χ0n) is 12.2. The van der Waals surface area contributed by atoms with Crippen LogP contribution in [0.5, 0.6) is 0 Å². The summed E-state index contributed by atoms with van der Waals surface area (Å²) in [7, 11) is 2.24. The smallest absolute Gasteiger partial charge is 0.334 e. The molecule has 20 heavy (non-hydrogen) atoms. The predicted molar refractivity (Wildman–Crippen MR) is 85.7 cm³/mol. The molecule has 4 heteroatoms. The molecule has 1 aliphatic heterocycles. The first kappa shape index (κ1) is 16.9. The Hall–Kier alpha value is -1.13. The average Bonchev–Trinajstić information content (AvgIpc) is 2.40. The lowest BCUT2D eigenvalue weighted by Crippen LogP contribution is -2.46. The summed E-state index contributed by atoms with van der Waals surface area (Å²) in [5, 5.41) is 0. The van der Waals surface area contributed by atoms with E-state index in [1.807, 2.05) is 19.1 Å². The molecule has 1 atom stereocenters. The van der Waals surface area contributed by atoms with Gasteiger partial charge in [0.2, 0.25) is 0 Å². The van der Waals surface area contributed by atoms with Crippen molar-refractivity contribution in [3.63, 3.8) is 0 Å². The van der Waals surface area contributed by atoms with Crippen LogP contribution >= 0.6 is 17.0 Å². The van der Waals surface area contributed by atoms with Gasteiger partial charge in [-0.25, -0.2) is 4.79 Å². The summed E-state index contributed by atoms with van der Waals surface area (Å²) in [4.78, 5) is 11.7. The molecule has 0 aromatic heterocycles. The molecule has 0 aliphatic carbocycles. The minimum atomic E-state index is -0.145. The summed E-state index contributed by atoms with van der Waals surface area (Å²) in [6.45, 7) is 5.18. The zero-order chi connectivity index (χ0) is 13.7. The average molecular weight is 341 g/mol. The van der Waals surface area contributed by atoms with E-state index in [9.17, 15) is 4.79 Å². The van der Waals surface area contributed by atoms with Crippen molar-refractivity contribution in [1.29, 1.82) is 0 Å². The lowest BCUT2D eigenvalue weighted by atomic mass is 10.1. The first-order valence-electron chi connectivity index (χ1n) is 6.86. The van der Waals surface area contributed by atoms with Crippen molar-refractivity contribution in [1.82, 2.24) is 0 Å². The van der Waals surface area contributed by atoms with Crippen molar-refractivity contribution in [2.24, 2.45) is 0 Å². The van der Waals surface area contributed by atoms with Gasteiger partial charge in [0.15, 0.2) is 0 Å². The van der Waals surface area contributed by atoms with Crippen LogP contribution < -0.4 is 0 Å². The fourth-order valence-electron chi connectivity index (χ4n) is 2.49. The maximum Gasteiger partial charge on any atom is 0.334 e. The van der Waals surface area contributed by atoms with Gasteiger partial charge < -0.3 is 9.22 Å². The van der Waals surface area contributed by atoms with Crippen LogP contribution in [0.15, 0.2) is 42.0 Å². The Balaban J connectivity index is 0.00000200. The summed E-state index contributed by atoms with van der Waals surface area (Å²) in [6.07, 6.45) is 2.85. The number of nitrogens with zero attached hydrogens (tertiary/aromatic N) is 1. The molecule has 0 radical (unpaired) electrons. The summed E-state index contributed by atoms with van der Waals surface area (Å²) in [5.74, 6) is -0.145. The Morgan fingerprint density at radius 2 is 2.00 bits per heavy atom. The molecule has 0 N–H and O–H groups in total. The lowest BCUT2D eigenvalue weighted by Gasteiger charge is -2.36. The molecule has 3 nitrogen and oxygen atoms in total. The van der Waals surface area contributed by atoms with Crippen LogP contribution in [0.4, 0.5) is 0 Å². The van der Waals surface area contributed by atoms with E-state index in [0.29, 0.717) is 6.61 Å². The number of halogens is 1. The third-order valence-electron chi connectivity index (χ3n) is 3.64. The van der Waals surface area contributed by atoms with Gasteiger partial charge in [-0.15, -0.1) is 17.0 Å². The molecule has 0 saturated heterocycles. The van der Waals surface area contributed by atoms with Crippen LogP contribution in [0.2, 0.25) is 0 Å². The van der Waals surface area contributed by atoms with E-state index < -0.39 is 0 Å². The second-order valence-electron chi connectivity index (χ2n) is 5.37. The minimum Gasteiger partial charge on any atom is -0.463 e. The summed E-state index contributed by atoms with van der Waals surface area (Å²) in [6, 6.07) is 10.5. The van der Waals surface area contributed by atoms with Crippen molar-refractivity contribution in [3.05, 3.63) is 47.5 Å². The van der Waals surface area contributed by atoms with Gasteiger partial charge in [0.1, 0.15) is 6.54 Å². The summed E-state index contributed by atoms with van der Waals surface area (Å²) >= 11 is 0. The van der Waals surface area contributed by atoms with Gasteiger partial charge in [0, 0.05) is 17.6 Å². The molecule has 0 saturated carbocycles. The van der Waals surface area contributed by atoms with Crippen molar-refractivity contribution in [2.75, 3.05) is 26.7 Å². The van der Waals surface area contributed by atoms with E-state index in [2.05, 4.69) is 31.3 Å². The second kappa shape index (κ2) is 7.60. The number of quaternary nitrogens is 1. The number of likely N-dealkylation sites (N-methyl/N-ethyl adjacent to an activating group) is 1. The van der Waals surface area contributed by atoms with Crippen molar-refractivity contribution < 1.29 is 14.0 Å². The number of benzene rings is 1. The molecule has 110 valence electrons. The van der Waals surface area contributed by atoms with Gasteiger partial charge in [-0.1, -0.05) is 30.3 Å². The van der Waals surface area contributed by atoms with E-state index in [-0.39, 0.29) is 23.0 Å². The zero-order valence-corrected chi connectivity index (χ0v) is 13.9. The van der Waals surface area contributed by atoms with E-state index >= 15 is 0 Å². The van der Waals surface area contributed by atoms with Crippen LogP contribution in [0.25, 0.3) is 0 Å². The van der Waals surface area contributed by atoms with E-state index in [4.69, 9.17) is 4.74 Å². The first-order chi connectivity index (χ1) is 9.13. The minimum absolute atomic E-state index is 0. The fourth-order valence-corrected chi connectivity index (χ4v) is 2.49. The standard InChI is InChI=1S/C16H22NO2.BrH/c1-3-19-16(18)15-9-11-17(2,12-10-15)13-14-7-5-4-6-8-14;/h4-9H,3,10-13H2,1-2H3;1H/q+1;. The molecule has 0 fully saturated rings. The molecule has 1 aromatic rings. The van der Waals surface area contributed by atoms with Crippen molar-refractivity contribution in [2.45, 2.75) is 19.9 Å². The SMILES string of the molecule is Br.CCOC(=O)C1=CC[N+](C)(Cc2ccccc2)CC1. The van der Waals surface area contributed by atoms with E-state index in [1.54, 1.807) is 0 Å². The van der Waals surface area contributed by atoms with Gasteiger partial charge in [0.25, 0.3) is 0 Å². The molecule has 0 spiro atoms.